The summed E-state index contributed by atoms with van der Waals surface area (Å²) in [6.45, 7) is 0. The summed E-state index contributed by atoms with van der Waals surface area (Å²) in [6, 6.07) is 2.68. The molecule has 0 fully saturated rings. The molecule has 0 aliphatic carbocycles. The lowest BCUT2D eigenvalue weighted by Gasteiger charge is -2.09. The summed E-state index contributed by atoms with van der Waals surface area (Å²) in [6.07, 6.45) is 1.44. The number of hydrogen-bond acceptors (Lipinski definition) is 2. The van der Waals surface area contributed by atoms with Crippen LogP contribution in [0.2, 0.25) is 5.02 Å². The van der Waals surface area contributed by atoms with Gasteiger partial charge in [0.25, 0.3) is 0 Å². The summed E-state index contributed by atoms with van der Waals surface area (Å²) in [5, 5.41) is 2.71. The molecule has 94 valence electrons. The minimum Gasteiger partial charge on any atom is -0.337 e. The third kappa shape index (κ3) is 2.76. The molecular weight excluding hydrogens is 332 g/mol. The van der Waals surface area contributed by atoms with Gasteiger partial charge in [-0.05, 0) is 22.0 Å². The molecule has 0 radical (unpaired) electrons. The van der Waals surface area contributed by atoms with Crippen LogP contribution in [0.1, 0.15) is 0 Å². The molecule has 0 unspecified atom stereocenters. The van der Waals surface area contributed by atoms with Crippen LogP contribution >= 0.6 is 27.5 Å². The van der Waals surface area contributed by atoms with Crippen molar-refractivity contribution in [3.8, 4) is 0 Å². The SMILES string of the molecule is Fc1cc(F)c(Nc2ncc(Br)cc2Cl)cc1F. The Hall–Kier alpha value is -1.27. The number of pyridine rings is 1. The maximum Gasteiger partial charge on any atom is 0.161 e. The summed E-state index contributed by atoms with van der Waals surface area (Å²) < 4.78 is 39.7. The zero-order valence-corrected chi connectivity index (χ0v) is 11.0. The van der Waals surface area contributed by atoms with Gasteiger partial charge in [0.15, 0.2) is 11.6 Å². The van der Waals surface area contributed by atoms with Crippen LogP contribution in [0.15, 0.2) is 28.9 Å². The minimum atomic E-state index is -1.26. The number of nitrogens with one attached hydrogen (secondary N) is 1. The first-order valence-electron chi connectivity index (χ1n) is 4.70. The molecule has 2 nitrogen and oxygen atoms in total. The molecule has 0 bridgehead atoms. The molecule has 0 aliphatic heterocycles. The van der Waals surface area contributed by atoms with Gasteiger partial charge >= 0.3 is 0 Å². The molecular formula is C11H5BrClF3N2. The summed E-state index contributed by atoms with van der Waals surface area (Å²) in [7, 11) is 0. The van der Waals surface area contributed by atoms with Gasteiger partial charge in [-0.15, -0.1) is 0 Å². The number of nitrogens with zero attached hydrogens (tertiary/aromatic N) is 1. The molecule has 0 atom stereocenters. The molecule has 1 heterocycles. The van der Waals surface area contributed by atoms with Crippen molar-refractivity contribution in [1.29, 1.82) is 0 Å². The predicted octanol–water partition coefficient (Wildman–Crippen LogP) is 4.66. The van der Waals surface area contributed by atoms with Crippen molar-refractivity contribution in [3.05, 3.63) is 51.3 Å². The van der Waals surface area contributed by atoms with E-state index >= 15 is 0 Å². The molecule has 0 saturated heterocycles. The molecule has 0 spiro atoms. The van der Waals surface area contributed by atoms with E-state index in [0.717, 1.165) is 0 Å². The van der Waals surface area contributed by atoms with E-state index in [1.807, 2.05) is 0 Å². The van der Waals surface area contributed by atoms with Crippen LogP contribution < -0.4 is 5.32 Å². The topological polar surface area (TPSA) is 24.9 Å². The highest BCUT2D eigenvalue weighted by molar-refractivity contribution is 9.10. The van der Waals surface area contributed by atoms with E-state index in [0.29, 0.717) is 16.6 Å². The second kappa shape index (κ2) is 5.16. The maximum atomic E-state index is 13.4. The van der Waals surface area contributed by atoms with Crippen LogP contribution in [0.5, 0.6) is 0 Å². The molecule has 0 saturated carbocycles. The molecule has 0 amide bonds. The van der Waals surface area contributed by atoms with Gasteiger partial charge in [-0.25, -0.2) is 18.2 Å². The normalized spacial score (nSPS) is 10.5. The van der Waals surface area contributed by atoms with Gasteiger partial charge in [-0.1, -0.05) is 11.6 Å². The van der Waals surface area contributed by atoms with Gasteiger partial charge in [0.1, 0.15) is 11.6 Å². The van der Waals surface area contributed by atoms with E-state index in [1.165, 1.54) is 12.3 Å². The van der Waals surface area contributed by atoms with E-state index in [2.05, 4.69) is 26.2 Å². The van der Waals surface area contributed by atoms with Gasteiger partial charge in [-0.3, -0.25) is 0 Å². The van der Waals surface area contributed by atoms with Gasteiger partial charge in [0.2, 0.25) is 0 Å². The Kier molecular flexibility index (Phi) is 3.77. The Labute approximate surface area is 114 Å². The predicted molar refractivity (Wildman–Crippen MR) is 66.5 cm³/mol. The largest absolute Gasteiger partial charge is 0.337 e. The highest BCUT2D eigenvalue weighted by Crippen LogP contribution is 2.28. The highest BCUT2D eigenvalue weighted by Gasteiger charge is 2.11. The highest BCUT2D eigenvalue weighted by atomic mass is 79.9. The van der Waals surface area contributed by atoms with Crippen LogP contribution in [0.4, 0.5) is 24.7 Å². The van der Waals surface area contributed by atoms with Crippen molar-refractivity contribution in [2.75, 3.05) is 5.32 Å². The lowest BCUT2D eigenvalue weighted by atomic mass is 10.3. The standard InChI is InChI=1S/C11H5BrClF3N2/c12-5-1-6(13)11(17-4-5)18-10-3-8(15)7(14)2-9(10)16/h1-4H,(H,17,18). The number of hydrogen-bond donors (Lipinski definition) is 1. The number of aromatic nitrogens is 1. The Morgan fingerprint density at radius 3 is 2.39 bits per heavy atom. The number of halogens is 5. The number of anilines is 2. The van der Waals surface area contributed by atoms with Crippen molar-refractivity contribution in [2.24, 2.45) is 0 Å². The van der Waals surface area contributed by atoms with Crippen molar-refractivity contribution in [2.45, 2.75) is 0 Å². The summed E-state index contributed by atoms with van der Waals surface area (Å²) in [4.78, 5) is 3.89. The molecule has 1 aromatic carbocycles. The fourth-order valence-corrected chi connectivity index (χ4v) is 1.93. The van der Waals surface area contributed by atoms with Gasteiger partial charge in [0, 0.05) is 22.8 Å². The first-order valence-corrected chi connectivity index (χ1v) is 5.87. The Bertz CT molecular complexity index is 607. The smallest absolute Gasteiger partial charge is 0.161 e. The van der Waals surface area contributed by atoms with Crippen molar-refractivity contribution in [3.63, 3.8) is 0 Å². The number of benzene rings is 1. The van der Waals surface area contributed by atoms with Crippen molar-refractivity contribution < 1.29 is 13.2 Å². The third-order valence-corrected chi connectivity index (χ3v) is 2.79. The minimum absolute atomic E-state index is 0.143. The fraction of sp³-hybridized carbons (Fsp3) is 0. The lowest BCUT2D eigenvalue weighted by Crippen LogP contribution is -1.99. The van der Waals surface area contributed by atoms with Crippen molar-refractivity contribution >= 4 is 39.0 Å². The van der Waals surface area contributed by atoms with Crippen LogP contribution in [-0.4, -0.2) is 4.98 Å². The van der Waals surface area contributed by atoms with Gasteiger partial charge < -0.3 is 5.32 Å². The average molecular weight is 338 g/mol. The zero-order valence-electron chi connectivity index (χ0n) is 8.65. The summed E-state index contributed by atoms with van der Waals surface area (Å²) in [5.74, 6) is -3.21. The zero-order chi connectivity index (χ0) is 13.3. The molecule has 18 heavy (non-hydrogen) atoms. The van der Waals surface area contributed by atoms with Crippen LogP contribution in [-0.2, 0) is 0 Å². The molecule has 0 aliphatic rings. The molecule has 1 N–H and O–H groups in total. The molecule has 1 aromatic heterocycles. The van der Waals surface area contributed by atoms with Crippen LogP contribution in [0, 0.1) is 17.5 Å². The quantitative estimate of drug-likeness (QED) is 0.806. The second-order valence-electron chi connectivity index (χ2n) is 3.36. The van der Waals surface area contributed by atoms with E-state index in [1.54, 1.807) is 0 Å². The monoisotopic (exact) mass is 336 g/mol. The third-order valence-electron chi connectivity index (χ3n) is 2.07. The fourth-order valence-electron chi connectivity index (χ4n) is 1.25. The Morgan fingerprint density at radius 2 is 1.72 bits per heavy atom. The summed E-state index contributed by atoms with van der Waals surface area (Å²) >= 11 is 9.02. The molecule has 7 heteroatoms. The van der Waals surface area contributed by atoms with Crippen LogP contribution in [0.3, 0.4) is 0 Å². The molecule has 2 aromatic rings. The first-order chi connectivity index (χ1) is 8.47. The van der Waals surface area contributed by atoms with E-state index in [9.17, 15) is 13.2 Å². The average Bonchev–Trinajstić information content (AvgIpc) is 2.29. The first kappa shape index (κ1) is 13.2. The van der Waals surface area contributed by atoms with E-state index in [-0.39, 0.29) is 16.5 Å². The number of rotatable bonds is 2. The Balaban J connectivity index is 2.37. The van der Waals surface area contributed by atoms with Gasteiger partial charge in [0.05, 0.1) is 10.7 Å². The second-order valence-corrected chi connectivity index (χ2v) is 4.68. The van der Waals surface area contributed by atoms with Gasteiger partial charge in [-0.2, -0.15) is 0 Å². The maximum absolute atomic E-state index is 13.4. The Morgan fingerprint density at radius 1 is 1.06 bits per heavy atom. The van der Waals surface area contributed by atoms with Crippen molar-refractivity contribution in [1.82, 2.24) is 4.98 Å². The van der Waals surface area contributed by atoms with Crippen LogP contribution in [0.25, 0.3) is 0 Å². The summed E-state index contributed by atoms with van der Waals surface area (Å²) in [5.41, 5.74) is -0.245. The van der Waals surface area contributed by atoms with E-state index in [4.69, 9.17) is 11.6 Å². The molecule has 2 rings (SSSR count). The van der Waals surface area contributed by atoms with E-state index < -0.39 is 17.5 Å². The lowest BCUT2D eigenvalue weighted by molar-refractivity contribution is 0.496.